The van der Waals surface area contributed by atoms with Crippen LogP contribution in [0.2, 0.25) is 0 Å². The zero-order chi connectivity index (χ0) is 26.7. The van der Waals surface area contributed by atoms with E-state index in [2.05, 4.69) is 38.7 Å². The third-order valence-corrected chi connectivity index (χ3v) is 12.2. The molecule has 4 aliphatic carbocycles. The maximum Gasteiger partial charge on any atom is 0.0765 e. The van der Waals surface area contributed by atoms with Crippen molar-refractivity contribution in [2.45, 2.75) is 109 Å². The fourth-order valence-electron chi connectivity index (χ4n) is 10.3. The monoisotopic (exact) mass is 527 g/mol. The van der Waals surface area contributed by atoms with Crippen LogP contribution in [0.25, 0.3) is 0 Å². The van der Waals surface area contributed by atoms with E-state index in [1.165, 1.54) is 32.1 Å². The Kier molecular flexibility index (Phi) is 7.65. The number of likely N-dealkylation sites (tertiary alicyclic amines) is 1. The summed E-state index contributed by atoms with van der Waals surface area (Å²) in [6.07, 6.45) is 13.1. The van der Waals surface area contributed by atoms with Gasteiger partial charge in [0.2, 0.25) is 0 Å². The van der Waals surface area contributed by atoms with Crippen molar-refractivity contribution < 1.29 is 19.3 Å². The van der Waals surface area contributed by atoms with E-state index in [0.717, 1.165) is 63.1 Å². The number of fused-ring (bicyclic) bond motifs is 6. The van der Waals surface area contributed by atoms with Gasteiger partial charge in [0, 0.05) is 32.2 Å². The van der Waals surface area contributed by atoms with Crippen LogP contribution in [-0.4, -0.2) is 73.9 Å². The molecule has 10 atom stereocenters. The molecule has 2 saturated heterocycles. The summed E-state index contributed by atoms with van der Waals surface area (Å²) >= 11 is 0. The fourth-order valence-corrected chi connectivity index (χ4v) is 10.3. The van der Waals surface area contributed by atoms with Crippen molar-refractivity contribution in [3.8, 4) is 0 Å². The molecule has 0 radical (unpaired) electrons. The molecule has 0 aromatic carbocycles. The van der Waals surface area contributed by atoms with Gasteiger partial charge in [-0.05, 0) is 93.8 Å². The van der Waals surface area contributed by atoms with Gasteiger partial charge in [-0.15, -0.1) is 0 Å². The van der Waals surface area contributed by atoms with Crippen molar-refractivity contribution in [2.75, 3.05) is 40.0 Å². The summed E-state index contributed by atoms with van der Waals surface area (Å²) in [5.41, 5.74) is 5.30. The predicted molar refractivity (Wildman–Crippen MR) is 151 cm³/mol. The molecule has 38 heavy (non-hydrogen) atoms. The lowest BCUT2D eigenvalue weighted by molar-refractivity contribution is -0.0805. The van der Waals surface area contributed by atoms with Gasteiger partial charge in [-0.1, -0.05) is 43.6 Å². The number of hydrogen-bond acceptors (Lipinski definition) is 5. The van der Waals surface area contributed by atoms with Crippen molar-refractivity contribution in [1.29, 1.82) is 0 Å². The van der Waals surface area contributed by atoms with E-state index in [-0.39, 0.29) is 11.7 Å². The van der Waals surface area contributed by atoms with Crippen LogP contribution in [-0.2, 0) is 14.2 Å². The molecule has 214 valence electrons. The van der Waals surface area contributed by atoms with E-state index in [4.69, 9.17) is 14.2 Å². The molecule has 0 aromatic rings. The smallest absolute Gasteiger partial charge is 0.0765 e. The number of aliphatic hydroxyl groups excluding tert-OH is 1. The summed E-state index contributed by atoms with van der Waals surface area (Å²) in [6, 6.07) is 0.508. The quantitative estimate of drug-likeness (QED) is 0.351. The Hall–Kier alpha value is -0.720. The number of hydrogen-bond donors (Lipinski definition) is 1. The number of aliphatic hydroxyl groups is 1. The highest BCUT2D eigenvalue weighted by Gasteiger charge is 2.59. The second-order valence-electron chi connectivity index (χ2n) is 14.3. The van der Waals surface area contributed by atoms with Gasteiger partial charge in [0.25, 0.3) is 0 Å². The SMILES string of the molecule is COCCOCCN1C[C@@H](C)C[C@H]2O[C@]3(CC[C@@H]4C(=C(C)C3)C[C@H]3C4CC=C4C[C@@H](O)CC[C@@]43C)[C@H](C)[C@@H]21. The van der Waals surface area contributed by atoms with Crippen LogP contribution in [0.1, 0.15) is 85.5 Å². The second kappa shape index (κ2) is 10.6. The minimum absolute atomic E-state index is 0.0139. The first-order valence-electron chi connectivity index (χ1n) is 15.8. The second-order valence-corrected chi connectivity index (χ2v) is 14.3. The molecular formula is C33H53NO4. The highest BCUT2D eigenvalue weighted by molar-refractivity contribution is 5.34. The Labute approximate surface area is 231 Å². The number of rotatable bonds is 6. The summed E-state index contributed by atoms with van der Waals surface area (Å²) in [7, 11) is 1.74. The van der Waals surface area contributed by atoms with E-state index in [1.807, 2.05) is 0 Å². The summed E-state index contributed by atoms with van der Waals surface area (Å²) < 4.78 is 18.3. The molecule has 5 nitrogen and oxygen atoms in total. The van der Waals surface area contributed by atoms with Gasteiger partial charge in [0.05, 0.1) is 37.6 Å². The minimum Gasteiger partial charge on any atom is -0.393 e. The topological polar surface area (TPSA) is 51.2 Å². The van der Waals surface area contributed by atoms with Crippen molar-refractivity contribution in [2.24, 2.45) is 35.0 Å². The van der Waals surface area contributed by atoms with Crippen LogP contribution >= 0.6 is 0 Å². The minimum atomic E-state index is -0.123. The average molecular weight is 528 g/mol. The predicted octanol–water partition coefficient (Wildman–Crippen LogP) is 5.77. The lowest BCUT2D eigenvalue weighted by Crippen LogP contribution is -2.52. The molecule has 1 spiro atoms. The van der Waals surface area contributed by atoms with Crippen molar-refractivity contribution >= 4 is 0 Å². The van der Waals surface area contributed by atoms with Gasteiger partial charge in [-0.25, -0.2) is 0 Å². The highest BCUT2D eigenvalue weighted by Crippen LogP contribution is 2.63. The van der Waals surface area contributed by atoms with Gasteiger partial charge in [-0.2, -0.15) is 0 Å². The van der Waals surface area contributed by atoms with Gasteiger partial charge in [-0.3, -0.25) is 4.90 Å². The number of nitrogens with zero attached hydrogens (tertiary/aromatic N) is 1. The Morgan fingerprint density at radius 3 is 2.79 bits per heavy atom. The molecule has 0 bridgehead atoms. The first-order chi connectivity index (χ1) is 18.3. The molecular weight excluding hydrogens is 474 g/mol. The molecule has 6 aliphatic rings. The molecule has 2 saturated carbocycles. The van der Waals surface area contributed by atoms with Crippen molar-refractivity contribution in [3.63, 3.8) is 0 Å². The molecule has 1 unspecified atom stereocenters. The third-order valence-electron chi connectivity index (χ3n) is 12.2. The van der Waals surface area contributed by atoms with Crippen LogP contribution in [0.15, 0.2) is 22.8 Å². The summed E-state index contributed by atoms with van der Waals surface area (Å²) in [4.78, 5) is 2.71. The van der Waals surface area contributed by atoms with Crippen LogP contribution < -0.4 is 0 Å². The number of piperidine rings is 1. The third kappa shape index (κ3) is 4.57. The van der Waals surface area contributed by atoms with Crippen LogP contribution in [0.5, 0.6) is 0 Å². The number of allylic oxidation sites excluding steroid dienone is 2. The van der Waals surface area contributed by atoms with Crippen LogP contribution in [0.3, 0.4) is 0 Å². The normalized spacial score (nSPS) is 46.8. The first kappa shape index (κ1) is 27.4. The molecule has 2 aliphatic heterocycles. The Morgan fingerprint density at radius 2 is 1.97 bits per heavy atom. The van der Waals surface area contributed by atoms with Gasteiger partial charge < -0.3 is 19.3 Å². The van der Waals surface area contributed by atoms with Gasteiger partial charge in [0.1, 0.15) is 0 Å². The Bertz CT molecular complexity index is 945. The molecule has 1 N–H and O–H groups in total. The first-order valence-corrected chi connectivity index (χ1v) is 15.8. The largest absolute Gasteiger partial charge is 0.393 e. The summed E-state index contributed by atoms with van der Waals surface area (Å²) in [6.45, 7) is 14.2. The number of ether oxygens (including phenoxy) is 3. The lowest BCUT2D eigenvalue weighted by Gasteiger charge is -2.49. The Morgan fingerprint density at radius 1 is 1.13 bits per heavy atom. The zero-order valence-corrected chi connectivity index (χ0v) is 24.7. The Balaban J connectivity index is 1.20. The fraction of sp³-hybridized carbons (Fsp3) is 0.879. The average Bonchev–Trinajstić information content (AvgIpc) is 3.34. The standard InChI is InChI=1S/C33H53NO4/c1-21-16-30-31(34(20-21)12-13-37-15-14-36-5)23(3)33(38-30)11-9-26-27-7-6-24-17-25(35)8-10-32(24,4)29(27)18-28(26)22(2)19-33/h6,21,23,25-27,29-31,35H,7-20H2,1-5H3/t21-,23+,25-,26-,27?,29-,30+,31-,32-,33-/m0/s1. The summed E-state index contributed by atoms with van der Waals surface area (Å²) in [5.74, 6) is 3.47. The van der Waals surface area contributed by atoms with Crippen LogP contribution in [0, 0.1) is 35.0 Å². The highest BCUT2D eigenvalue weighted by atomic mass is 16.5. The van der Waals surface area contributed by atoms with E-state index >= 15 is 0 Å². The van der Waals surface area contributed by atoms with Gasteiger partial charge >= 0.3 is 0 Å². The van der Waals surface area contributed by atoms with Crippen molar-refractivity contribution in [3.05, 3.63) is 22.8 Å². The number of methoxy groups -OCH3 is 1. The molecule has 2 heterocycles. The van der Waals surface area contributed by atoms with Gasteiger partial charge in [0.15, 0.2) is 0 Å². The van der Waals surface area contributed by atoms with E-state index in [9.17, 15) is 5.11 Å². The lowest BCUT2D eigenvalue weighted by atomic mass is 9.56. The van der Waals surface area contributed by atoms with Crippen molar-refractivity contribution in [1.82, 2.24) is 4.90 Å². The maximum atomic E-state index is 10.4. The molecule has 6 rings (SSSR count). The van der Waals surface area contributed by atoms with E-state index in [1.54, 1.807) is 23.8 Å². The van der Waals surface area contributed by atoms with Crippen LogP contribution in [0.4, 0.5) is 0 Å². The zero-order valence-electron chi connectivity index (χ0n) is 24.7. The molecule has 4 fully saturated rings. The van der Waals surface area contributed by atoms with E-state index in [0.29, 0.717) is 42.6 Å². The molecule has 0 aromatic heterocycles. The maximum absolute atomic E-state index is 10.4. The molecule has 0 amide bonds. The summed E-state index contributed by atoms with van der Waals surface area (Å²) in [5, 5.41) is 10.4. The molecule has 5 heteroatoms. The van der Waals surface area contributed by atoms with E-state index < -0.39 is 0 Å².